The highest BCUT2D eigenvalue weighted by Crippen LogP contribution is 2.08. The number of ketones is 1. The maximum absolute atomic E-state index is 11.0. The van der Waals surface area contributed by atoms with E-state index in [1.54, 1.807) is 0 Å². The van der Waals surface area contributed by atoms with Crippen molar-refractivity contribution in [1.82, 2.24) is 4.90 Å². The van der Waals surface area contributed by atoms with E-state index in [0.29, 0.717) is 0 Å². The fourth-order valence-electron chi connectivity index (χ4n) is 1.46. The molecule has 0 spiro atoms. The minimum absolute atomic E-state index is 0.259. The van der Waals surface area contributed by atoms with E-state index in [-0.39, 0.29) is 13.0 Å². The molecule has 0 aromatic carbocycles. The molecule has 3 N–H and O–H groups in total. The van der Waals surface area contributed by atoms with Gasteiger partial charge in [-0.2, -0.15) is 0 Å². The van der Waals surface area contributed by atoms with Gasteiger partial charge in [-0.15, -0.1) is 0 Å². The maximum atomic E-state index is 11.0. The third-order valence-corrected chi connectivity index (χ3v) is 2.12. The third kappa shape index (κ3) is 6.59. The number of carbonyl (C=O) groups is 4. The van der Waals surface area contributed by atoms with Gasteiger partial charge in [-0.3, -0.25) is 24.1 Å². The molecule has 8 heteroatoms. The van der Waals surface area contributed by atoms with Gasteiger partial charge < -0.3 is 15.3 Å². The lowest BCUT2D eigenvalue weighted by atomic mass is 10.1. The van der Waals surface area contributed by atoms with Crippen molar-refractivity contribution >= 4 is 23.7 Å². The quantitative estimate of drug-likeness (QED) is 0.495. The highest BCUT2D eigenvalue weighted by atomic mass is 16.4. The lowest BCUT2D eigenvalue weighted by Crippen LogP contribution is -2.46. The Kier molecular flexibility index (Phi) is 6.58. The third-order valence-electron chi connectivity index (χ3n) is 2.12. The second-order valence-corrected chi connectivity index (χ2v) is 3.79. The fraction of sp³-hybridized carbons (Fsp3) is 0.600. The number of hydrogen-bond acceptors (Lipinski definition) is 5. The lowest BCUT2D eigenvalue weighted by molar-refractivity contribution is -0.147. The summed E-state index contributed by atoms with van der Waals surface area (Å²) >= 11 is 0. The Morgan fingerprint density at radius 1 is 1.00 bits per heavy atom. The Bertz CT molecular complexity index is 336. The molecular formula is C10H15NO7. The maximum Gasteiger partial charge on any atom is 0.320 e. The minimum atomic E-state index is -1.35. The number of rotatable bonds is 9. The molecule has 0 bridgehead atoms. The summed E-state index contributed by atoms with van der Waals surface area (Å²) in [4.78, 5) is 43.9. The highest BCUT2D eigenvalue weighted by Gasteiger charge is 2.28. The molecule has 0 aliphatic rings. The number of carbonyl (C=O) groups excluding carboxylic acids is 1. The summed E-state index contributed by atoms with van der Waals surface area (Å²) in [5.41, 5.74) is 0. The van der Waals surface area contributed by atoms with Crippen LogP contribution >= 0.6 is 0 Å². The Hall–Kier alpha value is -1.96. The predicted octanol–water partition coefficient (Wildman–Crippen LogP) is -0.720. The summed E-state index contributed by atoms with van der Waals surface area (Å²) in [7, 11) is 0. The molecule has 0 heterocycles. The molecule has 8 nitrogen and oxygen atoms in total. The summed E-state index contributed by atoms with van der Waals surface area (Å²) in [5, 5.41) is 26.1. The van der Waals surface area contributed by atoms with Crippen LogP contribution in [0.3, 0.4) is 0 Å². The second kappa shape index (κ2) is 7.38. The largest absolute Gasteiger partial charge is 0.481 e. The first-order valence-corrected chi connectivity index (χ1v) is 5.14. The Morgan fingerprint density at radius 2 is 1.56 bits per heavy atom. The molecule has 0 aromatic heterocycles. The molecule has 0 unspecified atom stereocenters. The predicted molar refractivity (Wildman–Crippen MR) is 58.2 cm³/mol. The van der Waals surface area contributed by atoms with Gasteiger partial charge in [0.05, 0.1) is 13.1 Å². The van der Waals surface area contributed by atoms with Crippen LogP contribution in [0, 0.1) is 0 Å². The van der Waals surface area contributed by atoms with Crippen LogP contribution in [0.25, 0.3) is 0 Å². The van der Waals surface area contributed by atoms with Crippen LogP contribution in [0.5, 0.6) is 0 Å². The topological polar surface area (TPSA) is 132 Å². The molecule has 0 radical (unpaired) electrons. The zero-order chi connectivity index (χ0) is 14.3. The van der Waals surface area contributed by atoms with Gasteiger partial charge >= 0.3 is 17.9 Å². The van der Waals surface area contributed by atoms with Crippen molar-refractivity contribution in [3.63, 3.8) is 0 Å². The Labute approximate surface area is 103 Å². The van der Waals surface area contributed by atoms with Crippen LogP contribution in [0.15, 0.2) is 0 Å². The Morgan fingerprint density at radius 3 is 1.89 bits per heavy atom. The second-order valence-electron chi connectivity index (χ2n) is 3.79. The van der Waals surface area contributed by atoms with Crippen molar-refractivity contribution in [2.24, 2.45) is 0 Å². The summed E-state index contributed by atoms with van der Waals surface area (Å²) in [5.74, 6) is -4.20. The first kappa shape index (κ1) is 16.0. The molecule has 0 amide bonds. The van der Waals surface area contributed by atoms with Gasteiger partial charge in [-0.1, -0.05) is 0 Å². The lowest BCUT2D eigenvalue weighted by Gasteiger charge is -2.25. The van der Waals surface area contributed by atoms with E-state index in [9.17, 15) is 19.2 Å². The van der Waals surface area contributed by atoms with Crippen molar-refractivity contribution in [3.05, 3.63) is 0 Å². The van der Waals surface area contributed by atoms with Crippen LogP contribution in [0.1, 0.15) is 19.8 Å². The van der Waals surface area contributed by atoms with Crippen molar-refractivity contribution in [1.29, 1.82) is 0 Å². The zero-order valence-electron chi connectivity index (χ0n) is 9.83. The molecule has 18 heavy (non-hydrogen) atoms. The average Bonchev–Trinajstić information content (AvgIpc) is 2.14. The van der Waals surface area contributed by atoms with Crippen LogP contribution in [-0.2, 0) is 19.2 Å². The molecule has 102 valence electrons. The van der Waals surface area contributed by atoms with E-state index in [0.717, 1.165) is 4.90 Å². The normalized spacial score (nSPS) is 12.1. The number of carboxylic acid groups (broad SMARTS) is 3. The molecule has 0 aliphatic heterocycles. The van der Waals surface area contributed by atoms with Gasteiger partial charge in [0.2, 0.25) is 0 Å². The molecule has 0 aromatic rings. The Balaban J connectivity index is 4.83. The van der Waals surface area contributed by atoms with Gasteiger partial charge in [0, 0.05) is 6.42 Å². The van der Waals surface area contributed by atoms with Gasteiger partial charge in [0.15, 0.2) is 0 Å². The zero-order valence-corrected chi connectivity index (χ0v) is 9.83. The van der Waals surface area contributed by atoms with E-state index in [1.165, 1.54) is 6.92 Å². The summed E-state index contributed by atoms with van der Waals surface area (Å²) < 4.78 is 0. The van der Waals surface area contributed by atoms with Gasteiger partial charge in [0.1, 0.15) is 11.8 Å². The highest BCUT2D eigenvalue weighted by molar-refractivity contribution is 5.81. The summed E-state index contributed by atoms with van der Waals surface area (Å²) in [6.45, 7) is 0.226. The van der Waals surface area contributed by atoms with E-state index in [4.69, 9.17) is 15.3 Å². The van der Waals surface area contributed by atoms with Crippen LogP contribution in [0.4, 0.5) is 0 Å². The standard InChI is InChI=1S/C10H15NO7/c1-6(12)4-11(5-9(15)16)7(10(17)18)2-3-8(13)14/h7H,2-5H2,1H3,(H,13,14)(H,15,16)(H,17,18)/t7-/m0/s1. The van der Waals surface area contributed by atoms with E-state index in [1.807, 2.05) is 0 Å². The minimum Gasteiger partial charge on any atom is -0.481 e. The first-order valence-electron chi connectivity index (χ1n) is 5.14. The van der Waals surface area contributed by atoms with Gasteiger partial charge in [-0.05, 0) is 13.3 Å². The van der Waals surface area contributed by atoms with Crippen LogP contribution in [-0.4, -0.2) is 63.0 Å². The molecule has 0 saturated carbocycles. The number of Topliss-reactive ketones (excluding diaryl/α,β-unsaturated/α-hetero) is 1. The first-order chi connectivity index (χ1) is 8.23. The molecule has 0 fully saturated rings. The van der Waals surface area contributed by atoms with Crippen LogP contribution < -0.4 is 0 Å². The monoisotopic (exact) mass is 261 g/mol. The number of hydrogen-bond donors (Lipinski definition) is 3. The number of aliphatic carboxylic acids is 3. The van der Waals surface area contributed by atoms with E-state index >= 15 is 0 Å². The van der Waals surface area contributed by atoms with Crippen molar-refractivity contribution in [2.45, 2.75) is 25.8 Å². The SMILES string of the molecule is CC(=O)CN(CC(=O)O)[C@@H](CCC(=O)O)C(=O)O. The van der Waals surface area contributed by atoms with Crippen LogP contribution in [0.2, 0.25) is 0 Å². The molecule has 0 rings (SSSR count). The number of carboxylic acids is 3. The van der Waals surface area contributed by atoms with E-state index < -0.39 is 42.7 Å². The van der Waals surface area contributed by atoms with E-state index in [2.05, 4.69) is 0 Å². The molecule has 0 saturated heterocycles. The summed E-state index contributed by atoms with van der Waals surface area (Å²) in [6, 6.07) is -1.30. The van der Waals surface area contributed by atoms with Gasteiger partial charge in [-0.25, -0.2) is 0 Å². The molecular weight excluding hydrogens is 246 g/mol. The van der Waals surface area contributed by atoms with Gasteiger partial charge in [0.25, 0.3) is 0 Å². The number of nitrogens with zero attached hydrogens (tertiary/aromatic N) is 1. The average molecular weight is 261 g/mol. The fourth-order valence-corrected chi connectivity index (χ4v) is 1.46. The van der Waals surface area contributed by atoms with Crippen molar-refractivity contribution in [2.75, 3.05) is 13.1 Å². The van der Waals surface area contributed by atoms with Crippen molar-refractivity contribution < 1.29 is 34.5 Å². The molecule has 1 atom stereocenters. The summed E-state index contributed by atoms with van der Waals surface area (Å²) in [6.07, 6.45) is -0.670. The smallest absolute Gasteiger partial charge is 0.320 e. The van der Waals surface area contributed by atoms with Crippen molar-refractivity contribution in [3.8, 4) is 0 Å². The molecule has 0 aliphatic carbocycles.